The first kappa shape index (κ1) is 20.0. The molecule has 0 aliphatic heterocycles. The van der Waals surface area contributed by atoms with E-state index in [9.17, 15) is 13.2 Å². The molecular formula is C20H24N4O3S. The van der Waals surface area contributed by atoms with Crippen molar-refractivity contribution in [1.29, 1.82) is 0 Å². The number of aryl methyl sites for hydroxylation is 2. The molecule has 0 saturated heterocycles. The van der Waals surface area contributed by atoms with Crippen molar-refractivity contribution in [3.8, 4) is 0 Å². The number of hydrogen-bond acceptors (Lipinski definition) is 4. The number of fused-ring (bicyclic) bond motifs is 1. The minimum Gasteiger partial charge on any atom is -0.310 e. The Morgan fingerprint density at radius 3 is 2.50 bits per heavy atom. The van der Waals surface area contributed by atoms with Crippen LogP contribution in [0, 0.1) is 13.8 Å². The van der Waals surface area contributed by atoms with Gasteiger partial charge in [-0.25, -0.2) is 17.7 Å². The second kappa shape index (κ2) is 7.37. The fourth-order valence-corrected chi connectivity index (χ4v) is 4.30. The van der Waals surface area contributed by atoms with Crippen molar-refractivity contribution in [3.63, 3.8) is 0 Å². The van der Waals surface area contributed by atoms with Crippen LogP contribution in [-0.4, -0.2) is 42.3 Å². The molecule has 1 aromatic heterocycles. The first-order valence-corrected chi connectivity index (χ1v) is 10.4. The Morgan fingerprint density at radius 1 is 1.18 bits per heavy atom. The van der Waals surface area contributed by atoms with Crippen LogP contribution in [-0.2, 0) is 16.6 Å². The number of carbonyl (C=O) groups excluding carboxylic acids is 1. The molecule has 0 saturated carbocycles. The molecule has 0 aliphatic rings. The lowest BCUT2D eigenvalue weighted by Gasteiger charge is -2.16. The van der Waals surface area contributed by atoms with Crippen molar-refractivity contribution < 1.29 is 13.2 Å². The number of nitrogens with zero attached hydrogens (tertiary/aromatic N) is 3. The molecule has 0 aliphatic carbocycles. The zero-order valence-corrected chi connectivity index (χ0v) is 17.5. The maximum atomic E-state index is 12.9. The number of imidazole rings is 1. The molecular weight excluding hydrogens is 376 g/mol. The van der Waals surface area contributed by atoms with Gasteiger partial charge in [-0.1, -0.05) is 12.1 Å². The summed E-state index contributed by atoms with van der Waals surface area (Å²) in [6.07, 6.45) is 0. The van der Waals surface area contributed by atoms with Gasteiger partial charge in [-0.15, -0.1) is 0 Å². The highest BCUT2D eigenvalue weighted by Crippen LogP contribution is 2.25. The van der Waals surface area contributed by atoms with E-state index in [1.807, 2.05) is 35.8 Å². The lowest BCUT2D eigenvalue weighted by Crippen LogP contribution is -2.24. The van der Waals surface area contributed by atoms with Crippen molar-refractivity contribution in [3.05, 3.63) is 53.1 Å². The first-order chi connectivity index (χ1) is 13.2. The Bertz CT molecular complexity index is 1160. The third kappa shape index (κ3) is 3.41. The molecule has 3 rings (SSSR count). The molecule has 1 N–H and O–H groups in total. The predicted octanol–water partition coefficient (Wildman–Crippen LogP) is 3.18. The number of rotatable bonds is 5. The largest absolute Gasteiger partial charge is 0.310 e. The van der Waals surface area contributed by atoms with Gasteiger partial charge in [-0.2, -0.15) is 0 Å². The number of amides is 1. The Hall–Kier alpha value is -2.71. The number of carbonyl (C=O) groups is 1. The highest BCUT2D eigenvalue weighted by molar-refractivity contribution is 7.89. The highest BCUT2D eigenvalue weighted by atomic mass is 32.2. The molecule has 1 amide bonds. The number of benzene rings is 2. The van der Waals surface area contributed by atoms with Gasteiger partial charge in [0.25, 0.3) is 5.91 Å². The molecule has 0 radical (unpaired) electrons. The van der Waals surface area contributed by atoms with Crippen LogP contribution < -0.4 is 5.32 Å². The normalized spacial score (nSPS) is 11.9. The van der Waals surface area contributed by atoms with Crippen molar-refractivity contribution in [1.82, 2.24) is 13.9 Å². The molecule has 1 heterocycles. The lowest BCUT2D eigenvalue weighted by atomic mass is 10.1. The molecule has 2 aromatic carbocycles. The maximum absolute atomic E-state index is 12.9. The lowest BCUT2D eigenvalue weighted by molar-refractivity contribution is 0.102. The summed E-state index contributed by atoms with van der Waals surface area (Å²) in [7, 11) is -0.714. The van der Waals surface area contributed by atoms with Gasteiger partial charge in [0.1, 0.15) is 0 Å². The quantitative estimate of drug-likeness (QED) is 0.713. The van der Waals surface area contributed by atoms with Crippen molar-refractivity contribution in [2.24, 2.45) is 0 Å². The molecule has 0 spiro atoms. The number of hydrogen-bond donors (Lipinski definition) is 1. The summed E-state index contributed by atoms with van der Waals surface area (Å²) in [4.78, 5) is 17.5. The van der Waals surface area contributed by atoms with Crippen molar-refractivity contribution in [2.45, 2.75) is 32.2 Å². The van der Waals surface area contributed by atoms with E-state index in [0.29, 0.717) is 18.1 Å². The third-order valence-corrected chi connectivity index (χ3v) is 6.78. The second-order valence-electron chi connectivity index (χ2n) is 6.83. The SMILES string of the molecule is CCn1c(NC(=O)c2cc(C)c(C)c(S(=O)(=O)N(C)C)c2)nc2ccccc21. The molecule has 0 unspecified atom stereocenters. The average molecular weight is 401 g/mol. The second-order valence-corrected chi connectivity index (χ2v) is 8.95. The van der Waals surface area contributed by atoms with Gasteiger partial charge in [0.15, 0.2) is 0 Å². The van der Waals surface area contributed by atoms with Gasteiger partial charge in [-0.3, -0.25) is 10.1 Å². The first-order valence-electron chi connectivity index (χ1n) is 8.97. The number of aromatic nitrogens is 2. The van der Waals surface area contributed by atoms with Gasteiger partial charge in [0.2, 0.25) is 16.0 Å². The Labute approximate surface area is 165 Å². The average Bonchev–Trinajstić information content (AvgIpc) is 3.00. The van der Waals surface area contributed by atoms with E-state index in [2.05, 4.69) is 10.3 Å². The maximum Gasteiger partial charge on any atom is 0.258 e. The Kier molecular flexibility index (Phi) is 5.27. The van der Waals surface area contributed by atoms with Crippen LogP contribution >= 0.6 is 0 Å². The van der Waals surface area contributed by atoms with E-state index in [4.69, 9.17) is 0 Å². The summed E-state index contributed by atoms with van der Waals surface area (Å²) >= 11 is 0. The zero-order valence-electron chi connectivity index (χ0n) is 16.6. The molecule has 0 atom stereocenters. The van der Waals surface area contributed by atoms with Gasteiger partial charge in [0.05, 0.1) is 15.9 Å². The van der Waals surface area contributed by atoms with Crippen LogP contribution in [0.15, 0.2) is 41.3 Å². The number of sulfonamides is 1. The third-order valence-electron chi connectivity index (χ3n) is 4.84. The Balaban J connectivity index is 2.04. The molecule has 148 valence electrons. The highest BCUT2D eigenvalue weighted by Gasteiger charge is 2.23. The summed E-state index contributed by atoms with van der Waals surface area (Å²) in [6.45, 7) is 6.15. The van der Waals surface area contributed by atoms with Crippen LogP contribution in [0.25, 0.3) is 11.0 Å². The van der Waals surface area contributed by atoms with E-state index >= 15 is 0 Å². The van der Waals surface area contributed by atoms with Crippen LogP contribution in [0.1, 0.15) is 28.4 Å². The predicted molar refractivity (Wildman–Crippen MR) is 110 cm³/mol. The molecule has 28 heavy (non-hydrogen) atoms. The van der Waals surface area contributed by atoms with Crippen LogP contribution in [0.4, 0.5) is 5.95 Å². The topological polar surface area (TPSA) is 84.3 Å². The smallest absolute Gasteiger partial charge is 0.258 e. The summed E-state index contributed by atoms with van der Waals surface area (Å²) < 4.78 is 28.3. The minimum atomic E-state index is -3.66. The minimum absolute atomic E-state index is 0.131. The summed E-state index contributed by atoms with van der Waals surface area (Å²) in [5, 5.41) is 2.83. The summed E-state index contributed by atoms with van der Waals surface area (Å²) in [5.41, 5.74) is 3.35. The van der Waals surface area contributed by atoms with E-state index in [-0.39, 0.29) is 10.5 Å². The fourth-order valence-electron chi connectivity index (χ4n) is 3.09. The monoisotopic (exact) mass is 400 g/mol. The van der Waals surface area contributed by atoms with Gasteiger partial charge >= 0.3 is 0 Å². The molecule has 3 aromatic rings. The summed E-state index contributed by atoms with van der Waals surface area (Å²) in [5.74, 6) is 0.0345. The molecule has 0 bridgehead atoms. The van der Waals surface area contributed by atoms with Crippen molar-refractivity contribution in [2.75, 3.05) is 19.4 Å². The molecule has 7 nitrogen and oxygen atoms in total. The zero-order chi connectivity index (χ0) is 20.6. The Morgan fingerprint density at radius 2 is 1.86 bits per heavy atom. The van der Waals surface area contributed by atoms with Crippen LogP contribution in [0.5, 0.6) is 0 Å². The van der Waals surface area contributed by atoms with Gasteiger partial charge in [0, 0.05) is 26.2 Å². The number of nitrogens with one attached hydrogen (secondary N) is 1. The molecule has 8 heteroatoms. The van der Waals surface area contributed by atoms with E-state index in [0.717, 1.165) is 20.9 Å². The van der Waals surface area contributed by atoms with E-state index in [1.54, 1.807) is 19.9 Å². The summed E-state index contributed by atoms with van der Waals surface area (Å²) in [6, 6.07) is 10.8. The van der Waals surface area contributed by atoms with Gasteiger partial charge < -0.3 is 4.57 Å². The van der Waals surface area contributed by atoms with Crippen LogP contribution in [0.3, 0.4) is 0 Å². The van der Waals surface area contributed by atoms with Gasteiger partial charge in [-0.05, 0) is 56.2 Å². The van der Waals surface area contributed by atoms with E-state index < -0.39 is 15.9 Å². The number of para-hydroxylation sites is 2. The van der Waals surface area contributed by atoms with Crippen LogP contribution in [0.2, 0.25) is 0 Å². The standard InChI is InChI=1S/C20H24N4O3S/c1-6-24-17-10-8-7-9-16(17)21-20(24)22-19(25)15-11-13(2)14(3)18(12-15)28(26,27)23(4)5/h7-12H,6H2,1-5H3,(H,21,22,25). The molecule has 0 fully saturated rings. The number of anilines is 1. The van der Waals surface area contributed by atoms with Crippen molar-refractivity contribution >= 4 is 32.9 Å². The van der Waals surface area contributed by atoms with E-state index in [1.165, 1.54) is 20.2 Å². The fraction of sp³-hybridized carbons (Fsp3) is 0.300.